The van der Waals surface area contributed by atoms with E-state index in [1.54, 1.807) is 0 Å². The zero-order valence-corrected chi connectivity index (χ0v) is 25.9. The van der Waals surface area contributed by atoms with Crippen LogP contribution in [0.25, 0.3) is 10.8 Å². The predicted octanol–water partition coefficient (Wildman–Crippen LogP) is 8.97. The Hall–Kier alpha value is -2.60. The molecule has 6 nitrogen and oxygen atoms in total. The monoisotopic (exact) mass is 567 g/mol. The molecule has 0 saturated heterocycles. The van der Waals surface area contributed by atoms with Crippen molar-refractivity contribution in [3.63, 3.8) is 0 Å². The summed E-state index contributed by atoms with van der Waals surface area (Å²) in [7, 11) is 0. The number of carbonyl (C=O) groups excluding carboxylic acids is 2. The Bertz CT molecular complexity index is 1110. The summed E-state index contributed by atoms with van der Waals surface area (Å²) in [6.45, 7) is 6.11. The van der Waals surface area contributed by atoms with E-state index in [2.05, 4.69) is 20.8 Å². The van der Waals surface area contributed by atoms with Crippen LogP contribution in [-0.4, -0.2) is 24.1 Å². The van der Waals surface area contributed by atoms with E-state index >= 15 is 0 Å². The second-order valence-corrected chi connectivity index (χ2v) is 12.2. The van der Waals surface area contributed by atoms with Crippen LogP contribution >= 0.6 is 0 Å². The molecule has 0 atom stereocenters. The van der Waals surface area contributed by atoms with Crippen LogP contribution in [0, 0.1) is 0 Å². The lowest BCUT2D eigenvalue weighted by atomic mass is 9.91. The fourth-order valence-electron chi connectivity index (χ4n) is 5.67. The van der Waals surface area contributed by atoms with Gasteiger partial charge in [0.05, 0.1) is 6.54 Å². The number of benzene rings is 2. The lowest BCUT2D eigenvalue weighted by molar-refractivity contribution is -0.136. The molecule has 0 bridgehead atoms. The minimum absolute atomic E-state index is 0.253. The zero-order chi connectivity index (χ0) is 29.5. The number of hydrogen-bond acceptors (Lipinski definition) is 6. The van der Waals surface area contributed by atoms with E-state index in [1.807, 2.05) is 24.3 Å². The number of esters is 2. The van der Waals surface area contributed by atoms with Crippen LogP contribution < -0.4 is 19.9 Å². The highest BCUT2D eigenvalue weighted by Crippen LogP contribution is 2.50. The Balaban J connectivity index is 1.47. The molecule has 2 aromatic carbocycles. The van der Waals surface area contributed by atoms with E-state index in [9.17, 15) is 9.59 Å². The Morgan fingerprint density at radius 1 is 0.756 bits per heavy atom. The molecule has 228 valence electrons. The Kier molecular flexibility index (Phi) is 13.9. The molecule has 0 aromatic heterocycles. The maximum absolute atomic E-state index is 13.0. The molecular weight excluding hydrogens is 514 g/mol. The lowest BCUT2D eigenvalue weighted by Gasteiger charge is -2.34. The van der Waals surface area contributed by atoms with Gasteiger partial charge in [-0.15, -0.1) is 0 Å². The first-order valence-corrected chi connectivity index (χ1v) is 16.2. The third-order valence-corrected chi connectivity index (χ3v) is 8.11. The Morgan fingerprint density at radius 3 is 1.83 bits per heavy atom. The van der Waals surface area contributed by atoms with Gasteiger partial charge < -0.3 is 19.9 Å². The fraction of sp³-hybridized carbons (Fsp3) is 0.657. The van der Waals surface area contributed by atoms with Crippen molar-refractivity contribution < 1.29 is 23.8 Å². The molecule has 2 N–H and O–H groups in total. The highest BCUT2D eigenvalue weighted by molar-refractivity contribution is 5.99. The van der Waals surface area contributed by atoms with E-state index in [1.165, 1.54) is 77.0 Å². The van der Waals surface area contributed by atoms with Crippen molar-refractivity contribution in [1.29, 1.82) is 0 Å². The fourth-order valence-corrected chi connectivity index (χ4v) is 5.67. The van der Waals surface area contributed by atoms with Crippen LogP contribution in [0.4, 0.5) is 0 Å². The highest BCUT2D eigenvalue weighted by atomic mass is 16.6. The topological polar surface area (TPSA) is 87.9 Å². The molecule has 0 radical (unpaired) electrons. The summed E-state index contributed by atoms with van der Waals surface area (Å²) in [4.78, 5) is 25.2. The van der Waals surface area contributed by atoms with E-state index in [4.69, 9.17) is 19.9 Å². The first kappa shape index (κ1) is 32.9. The summed E-state index contributed by atoms with van der Waals surface area (Å²) in [6.07, 6.45) is 20.9. The molecule has 6 heteroatoms. The van der Waals surface area contributed by atoms with Crippen molar-refractivity contribution in [2.45, 2.75) is 142 Å². The van der Waals surface area contributed by atoms with Crippen LogP contribution in [0.5, 0.6) is 17.2 Å². The highest BCUT2D eigenvalue weighted by Gasteiger charge is 2.34. The van der Waals surface area contributed by atoms with Crippen molar-refractivity contribution in [2.75, 3.05) is 6.54 Å². The third kappa shape index (κ3) is 10.6. The number of fused-ring (bicyclic) bond motifs is 3. The number of unbranched alkanes of at least 4 members (excludes halogenated alkanes) is 14. The zero-order valence-electron chi connectivity index (χ0n) is 25.9. The summed E-state index contributed by atoms with van der Waals surface area (Å²) < 4.78 is 18.0. The molecule has 0 saturated carbocycles. The molecule has 0 amide bonds. The SMILES string of the molecule is CCCCCCCCCCCCCCCCCC(=O)Oc1c2c(c3ccccc3c1OC(=O)CN)OC(C)(C)CC2. The standard InChI is InChI=1S/C35H53NO5/c1-4-5-6-7-8-9-10-11-12-13-14-15-16-17-18-23-30(37)39-34-29-24-25-35(2,3)41-32(29)27-21-19-20-22-28(27)33(34)40-31(38)26-36/h19-22H,4-18,23-26,36H2,1-3H3. The van der Waals surface area contributed by atoms with Crippen LogP contribution in [0.1, 0.15) is 135 Å². The molecular formula is C35H53NO5. The first-order chi connectivity index (χ1) is 19.9. The van der Waals surface area contributed by atoms with Crippen LogP contribution in [0.3, 0.4) is 0 Å². The van der Waals surface area contributed by atoms with E-state index in [0.717, 1.165) is 36.6 Å². The molecule has 0 spiro atoms. The summed E-state index contributed by atoms with van der Waals surface area (Å²) in [5.74, 6) is 0.350. The Morgan fingerprint density at radius 2 is 1.27 bits per heavy atom. The lowest BCUT2D eigenvalue weighted by Crippen LogP contribution is -2.33. The average Bonchev–Trinajstić information content (AvgIpc) is 2.96. The second-order valence-electron chi connectivity index (χ2n) is 12.2. The minimum Gasteiger partial charge on any atom is -0.487 e. The van der Waals surface area contributed by atoms with Gasteiger partial charge in [0, 0.05) is 22.8 Å². The maximum Gasteiger partial charge on any atom is 0.325 e. The van der Waals surface area contributed by atoms with Gasteiger partial charge in [-0.05, 0) is 33.1 Å². The van der Waals surface area contributed by atoms with Crippen molar-refractivity contribution in [3.05, 3.63) is 29.8 Å². The predicted molar refractivity (Wildman–Crippen MR) is 167 cm³/mol. The van der Waals surface area contributed by atoms with Gasteiger partial charge in [-0.1, -0.05) is 121 Å². The normalized spacial score (nSPS) is 14.0. The molecule has 41 heavy (non-hydrogen) atoms. The maximum atomic E-state index is 13.0. The summed E-state index contributed by atoms with van der Waals surface area (Å²) in [5.41, 5.74) is 5.98. The molecule has 0 aliphatic carbocycles. The average molecular weight is 568 g/mol. The van der Waals surface area contributed by atoms with Gasteiger partial charge in [0.2, 0.25) is 0 Å². The van der Waals surface area contributed by atoms with E-state index in [-0.39, 0.29) is 23.9 Å². The Labute approximate surface area is 247 Å². The molecule has 3 rings (SSSR count). The number of rotatable bonds is 19. The molecule has 0 unspecified atom stereocenters. The smallest absolute Gasteiger partial charge is 0.325 e. The summed E-state index contributed by atoms with van der Waals surface area (Å²) in [6, 6.07) is 7.58. The van der Waals surface area contributed by atoms with Gasteiger partial charge in [0.15, 0.2) is 11.5 Å². The van der Waals surface area contributed by atoms with Gasteiger partial charge in [0.25, 0.3) is 0 Å². The summed E-state index contributed by atoms with van der Waals surface area (Å²) >= 11 is 0. The number of hydrogen-bond donors (Lipinski definition) is 1. The van der Waals surface area contributed by atoms with Gasteiger partial charge in [0.1, 0.15) is 11.4 Å². The van der Waals surface area contributed by atoms with Crippen LogP contribution in [0.2, 0.25) is 0 Å². The van der Waals surface area contributed by atoms with Crippen molar-refractivity contribution in [1.82, 2.24) is 0 Å². The molecule has 1 aliphatic heterocycles. The van der Waals surface area contributed by atoms with Crippen LogP contribution in [0.15, 0.2) is 24.3 Å². The number of ether oxygens (including phenoxy) is 3. The van der Waals surface area contributed by atoms with Crippen molar-refractivity contribution in [3.8, 4) is 17.2 Å². The molecule has 0 fully saturated rings. The number of nitrogens with two attached hydrogens (primary N) is 1. The molecule has 1 aliphatic rings. The van der Waals surface area contributed by atoms with Crippen molar-refractivity contribution in [2.24, 2.45) is 5.73 Å². The largest absolute Gasteiger partial charge is 0.487 e. The number of carbonyl (C=O) groups is 2. The minimum atomic E-state index is -0.577. The van der Waals surface area contributed by atoms with E-state index < -0.39 is 5.97 Å². The first-order valence-electron chi connectivity index (χ1n) is 16.2. The van der Waals surface area contributed by atoms with Gasteiger partial charge in [-0.3, -0.25) is 9.59 Å². The van der Waals surface area contributed by atoms with Gasteiger partial charge in [-0.2, -0.15) is 0 Å². The van der Waals surface area contributed by atoms with Crippen LogP contribution in [-0.2, 0) is 16.0 Å². The molecule has 2 aromatic rings. The summed E-state index contributed by atoms with van der Waals surface area (Å²) in [5, 5.41) is 1.50. The molecule has 1 heterocycles. The van der Waals surface area contributed by atoms with Crippen molar-refractivity contribution >= 4 is 22.7 Å². The van der Waals surface area contributed by atoms with E-state index in [0.29, 0.717) is 29.7 Å². The third-order valence-electron chi connectivity index (χ3n) is 8.11. The van der Waals surface area contributed by atoms with Gasteiger partial charge >= 0.3 is 11.9 Å². The second kappa shape index (κ2) is 17.4. The van der Waals surface area contributed by atoms with Gasteiger partial charge in [-0.25, -0.2) is 0 Å². The quantitative estimate of drug-likeness (QED) is 0.104.